The van der Waals surface area contributed by atoms with Crippen LogP contribution in [0.4, 0.5) is 11.5 Å². The van der Waals surface area contributed by atoms with E-state index in [1.54, 1.807) is 6.20 Å². The van der Waals surface area contributed by atoms with E-state index < -0.39 is 0 Å². The molecule has 3 aromatic heterocycles. The molecule has 37 heavy (non-hydrogen) atoms. The van der Waals surface area contributed by atoms with Gasteiger partial charge >= 0.3 is 0 Å². The van der Waals surface area contributed by atoms with Gasteiger partial charge in [-0.2, -0.15) is 5.10 Å². The van der Waals surface area contributed by atoms with Gasteiger partial charge in [-0.25, -0.2) is 4.98 Å². The minimum Gasteiger partial charge on any atom is -0.357 e. The number of fused-ring (bicyclic) bond motifs is 1. The number of carbonyl (C=O) groups excluding carboxylic acids is 1. The minimum absolute atomic E-state index is 0.241. The van der Waals surface area contributed by atoms with E-state index >= 15 is 0 Å². The summed E-state index contributed by atoms with van der Waals surface area (Å²) in [7, 11) is 0. The van der Waals surface area contributed by atoms with Crippen LogP contribution < -0.4 is 10.2 Å². The number of H-pyrrole nitrogens is 1. The highest BCUT2D eigenvalue weighted by Crippen LogP contribution is 2.27. The largest absolute Gasteiger partial charge is 0.357 e. The molecule has 2 saturated heterocycles. The van der Waals surface area contributed by atoms with Crippen molar-refractivity contribution >= 4 is 28.3 Å². The van der Waals surface area contributed by atoms with Gasteiger partial charge in [0.25, 0.3) is 5.91 Å². The van der Waals surface area contributed by atoms with Crippen LogP contribution in [-0.4, -0.2) is 57.2 Å². The molecule has 5 heterocycles. The Morgan fingerprint density at radius 1 is 0.892 bits per heavy atom. The number of nitrogens with one attached hydrogen (secondary N) is 2. The van der Waals surface area contributed by atoms with Crippen molar-refractivity contribution in [2.75, 3.05) is 36.4 Å². The summed E-state index contributed by atoms with van der Waals surface area (Å²) >= 11 is 0. The summed E-state index contributed by atoms with van der Waals surface area (Å²) < 4.78 is 0. The molecular weight excluding hydrogens is 462 g/mol. The van der Waals surface area contributed by atoms with Crippen LogP contribution >= 0.6 is 0 Å². The standard InChI is InChI=1S/C29H33N7O/c37-29(32-24-9-10-31-27(17-24)36-13-5-6-14-36)28-25-16-22(7-8-26(25)33-34-28)23-15-21(18-30-19-23)20-35-11-3-1-2-4-12-35/h7-10,15-19H,1-6,11-14,20H2,(H,33,34)(H,31,32,37). The quantitative estimate of drug-likeness (QED) is 0.380. The van der Waals surface area contributed by atoms with E-state index in [4.69, 9.17) is 0 Å². The molecule has 0 unspecified atom stereocenters. The first kappa shape index (κ1) is 23.6. The molecule has 0 bridgehead atoms. The number of rotatable bonds is 6. The van der Waals surface area contributed by atoms with Gasteiger partial charge in [-0.3, -0.25) is 19.8 Å². The Hall–Kier alpha value is -3.78. The molecule has 2 fully saturated rings. The summed E-state index contributed by atoms with van der Waals surface area (Å²) in [5, 5.41) is 11.2. The average molecular weight is 496 g/mol. The van der Waals surface area contributed by atoms with Gasteiger partial charge in [0.15, 0.2) is 5.69 Å². The summed E-state index contributed by atoms with van der Waals surface area (Å²) in [4.78, 5) is 27.0. The summed E-state index contributed by atoms with van der Waals surface area (Å²) in [6.07, 6.45) is 13.2. The van der Waals surface area contributed by atoms with E-state index in [-0.39, 0.29) is 5.91 Å². The average Bonchev–Trinajstić information content (AvgIpc) is 3.55. The van der Waals surface area contributed by atoms with Crippen molar-refractivity contribution in [3.8, 4) is 11.1 Å². The van der Waals surface area contributed by atoms with Crippen LogP contribution in [-0.2, 0) is 6.54 Å². The van der Waals surface area contributed by atoms with Crippen molar-refractivity contribution in [3.05, 3.63) is 66.2 Å². The number of aromatic nitrogens is 4. The molecule has 1 aromatic carbocycles. The van der Waals surface area contributed by atoms with Gasteiger partial charge in [0.05, 0.1) is 5.52 Å². The first-order valence-electron chi connectivity index (χ1n) is 13.4. The number of nitrogens with zero attached hydrogens (tertiary/aromatic N) is 5. The number of anilines is 2. The molecule has 1 amide bonds. The molecule has 2 aliphatic rings. The SMILES string of the molecule is O=C(Nc1ccnc(N2CCCC2)c1)c1n[nH]c2ccc(-c3cncc(CN4CCCCCC4)c3)cc12. The summed E-state index contributed by atoms with van der Waals surface area (Å²) in [6, 6.07) is 12.0. The minimum atomic E-state index is -0.241. The second-order valence-corrected chi connectivity index (χ2v) is 10.2. The monoisotopic (exact) mass is 495 g/mol. The zero-order valence-electron chi connectivity index (χ0n) is 21.1. The zero-order chi connectivity index (χ0) is 25.0. The Kier molecular flexibility index (Phi) is 6.82. The molecular formula is C29H33N7O. The van der Waals surface area contributed by atoms with Crippen LogP contribution in [0, 0.1) is 0 Å². The Morgan fingerprint density at radius 3 is 2.54 bits per heavy atom. The van der Waals surface area contributed by atoms with Gasteiger partial charge < -0.3 is 10.2 Å². The van der Waals surface area contributed by atoms with E-state index in [0.717, 1.165) is 66.3 Å². The van der Waals surface area contributed by atoms with Crippen molar-refractivity contribution in [2.45, 2.75) is 45.1 Å². The topological polar surface area (TPSA) is 90.0 Å². The number of hydrogen-bond acceptors (Lipinski definition) is 6. The predicted octanol–water partition coefficient (Wildman–Crippen LogP) is 5.25. The van der Waals surface area contributed by atoms with E-state index in [0.29, 0.717) is 5.69 Å². The Bertz CT molecular complexity index is 1380. The number of pyridine rings is 2. The summed E-state index contributed by atoms with van der Waals surface area (Å²) in [5.41, 5.74) is 5.22. The number of carbonyl (C=O) groups is 1. The highest BCUT2D eigenvalue weighted by molar-refractivity contribution is 6.11. The lowest BCUT2D eigenvalue weighted by atomic mass is 10.0. The zero-order valence-corrected chi connectivity index (χ0v) is 21.1. The molecule has 0 atom stereocenters. The molecule has 190 valence electrons. The maximum Gasteiger partial charge on any atom is 0.276 e. The van der Waals surface area contributed by atoms with Crippen LogP contribution in [0.2, 0.25) is 0 Å². The second kappa shape index (κ2) is 10.7. The number of hydrogen-bond donors (Lipinski definition) is 2. The van der Waals surface area contributed by atoms with Crippen LogP contribution in [0.15, 0.2) is 55.0 Å². The predicted molar refractivity (Wildman–Crippen MR) is 147 cm³/mol. The van der Waals surface area contributed by atoms with Gasteiger partial charge in [-0.15, -0.1) is 0 Å². The van der Waals surface area contributed by atoms with E-state index in [1.807, 2.05) is 36.7 Å². The van der Waals surface area contributed by atoms with Crippen molar-refractivity contribution in [1.82, 2.24) is 25.1 Å². The first-order valence-corrected chi connectivity index (χ1v) is 13.4. The molecule has 4 aromatic rings. The van der Waals surface area contributed by atoms with E-state index in [9.17, 15) is 4.79 Å². The number of likely N-dealkylation sites (tertiary alicyclic amines) is 1. The van der Waals surface area contributed by atoms with Crippen LogP contribution in [0.5, 0.6) is 0 Å². The van der Waals surface area contributed by atoms with E-state index in [1.165, 1.54) is 44.1 Å². The molecule has 8 heteroatoms. The number of aromatic amines is 1. The molecule has 2 N–H and O–H groups in total. The number of amides is 1. The van der Waals surface area contributed by atoms with Gasteiger partial charge in [0.1, 0.15) is 5.82 Å². The van der Waals surface area contributed by atoms with Crippen molar-refractivity contribution < 1.29 is 4.79 Å². The van der Waals surface area contributed by atoms with Gasteiger partial charge in [0.2, 0.25) is 0 Å². The molecule has 2 aliphatic heterocycles. The summed E-state index contributed by atoms with van der Waals surface area (Å²) in [5.74, 6) is 0.659. The second-order valence-electron chi connectivity index (χ2n) is 10.2. The van der Waals surface area contributed by atoms with Gasteiger partial charge in [-0.1, -0.05) is 18.9 Å². The Morgan fingerprint density at radius 2 is 1.70 bits per heavy atom. The van der Waals surface area contributed by atoms with Gasteiger partial charge in [-0.05, 0) is 74.2 Å². The molecule has 0 saturated carbocycles. The summed E-state index contributed by atoms with van der Waals surface area (Å²) in [6.45, 7) is 5.24. The number of benzene rings is 1. The lowest BCUT2D eigenvalue weighted by Crippen LogP contribution is -2.24. The van der Waals surface area contributed by atoms with E-state index in [2.05, 4.69) is 47.4 Å². The highest BCUT2D eigenvalue weighted by Gasteiger charge is 2.18. The van der Waals surface area contributed by atoms with Crippen molar-refractivity contribution in [1.29, 1.82) is 0 Å². The fourth-order valence-electron chi connectivity index (χ4n) is 5.46. The lowest BCUT2D eigenvalue weighted by Gasteiger charge is -2.19. The maximum absolute atomic E-state index is 13.2. The third kappa shape index (κ3) is 5.34. The molecule has 0 spiro atoms. The van der Waals surface area contributed by atoms with Crippen LogP contribution in [0.25, 0.3) is 22.0 Å². The fourth-order valence-corrected chi connectivity index (χ4v) is 5.46. The van der Waals surface area contributed by atoms with Gasteiger partial charge in [0, 0.05) is 60.9 Å². The lowest BCUT2D eigenvalue weighted by molar-refractivity contribution is 0.102. The third-order valence-electron chi connectivity index (χ3n) is 7.44. The van der Waals surface area contributed by atoms with Crippen molar-refractivity contribution in [2.24, 2.45) is 0 Å². The first-order chi connectivity index (χ1) is 18.2. The van der Waals surface area contributed by atoms with Crippen molar-refractivity contribution in [3.63, 3.8) is 0 Å². The molecule has 0 aliphatic carbocycles. The third-order valence-corrected chi connectivity index (χ3v) is 7.44. The van der Waals surface area contributed by atoms with Crippen LogP contribution in [0.1, 0.15) is 54.6 Å². The molecule has 0 radical (unpaired) electrons. The molecule has 8 nitrogen and oxygen atoms in total. The smallest absolute Gasteiger partial charge is 0.276 e. The fraction of sp³-hybridized carbons (Fsp3) is 0.379. The Labute approximate surface area is 217 Å². The van der Waals surface area contributed by atoms with Crippen LogP contribution in [0.3, 0.4) is 0 Å². The molecule has 6 rings (SSSR count). The highest BCUT2D eigenvalue weighted by atomic mass is 16.1. The normalized spacial score (nSPS) is 16.7. The Balaban J connectivity index is 1.22. The maximum atomic E-state index is 13.2.